The second-order valence-corrected chi connectivity index (χ2v) is 7.94. The normalized spacial score (nSPS) is 11.4. The van der Waals surface area contributed by atoms with Crippen LogP contribution in [0.1, 0.15) is 30.9 Å². The zero-order valence-electron chi connectivity index (χ0n) is 17.6. The van der Waals surface area contributed by atoms with E-state index in [1.54, 1.807) is 0 Å². The largest absolute Gasteiger partial charge is 0.493 e. The van der Waals surface area contributed by atoms with Crippen LogP contribution in [-0.4, -0.2) is 34.8 Å². The average molecular weight is 408 g/mol. The molecule has 0 saturated heterocycles. The molecule has 6 heteroatoms. The van der Waals surface area contributed by atoms with Crippen molar-refractivity contribution in [2.24, 2.45) is 0 Å². The van der Waals surface area contributed by atoms with Crippen LogP contribution in [0.2, 0.25) is 0 Å². The van der Waals surface area contributed by atoms with Crippen molar-refractivity contribution >= 4 is 5.97 Å². The molecule has 1 heterocycles. The lowest BCUT2D eigenvalue weighted by molar-refractivity contribution is -0.136. The quantitative estimate of drug-likeness (QED) is 0.521. The van der Waals surface area contributed by atoms with Crippen molar-refractivity contribution in [3.63, 3.8) is 0 Å². The lowest BCUT2D eigenvalue weighted by Crippen LogP contribution is -2.43. The highest BCUT2D eigenvalue weighted by molar-refractivity contribution is 5.69. The van der Waals surface area contributed by atoms with Gasteiger partial charge >= 0.3 is 5.97 Å². The monoisotopic (exact) mass is 408 g/mol. The SMILES string of the molecule is Cc1oc(-c2ccccc2)nc1CCOc1ccc(CC(C)(C)NCC(=O)O)cc1. The van der Waals surface area contributed by atoms with E-state index >= 15 is 0 Å². The summed E-state index contributed by atoms with van der Waals surface area (Å²) < 4.78 is 11.7. The van der Waals surface area contributed by atoms with E-state index in [1.165, 1.54) is 0 Å². The van der Waals surface area contributed by atoms with E-state index in [4.69, 9.17) is 14.3 Å². The molecule has 2 N–H and O–H groups in total. The lowest BCUT2D eigenvalue weighted by atomic mass is 9.95. The standard InChI is InChI=1S/C24H28N2O4/c1-17-21(26-23(30-17)19-7-5-4-6-8-19)13-14-29-20-11-9-18(10-12-20)15-24(2,3)25-16-22(27)28/h4-12,25H,13-16H2,1-3H3,(H,27,28). The summed E-state index contributed by atoms with van der Waals surface area (Å²) in [5, 5.41) is 11.9. The Morgan fingerprint density at radius 1 is 1.13 bits per heavy atom. The number of carboxylic acids is 1. The molecule has 0 atom stereocenters. The number of benzene rings is 2. The Kier molecular flexibility index (Phi) is 6.90. The number of rotatable bonds is 10. The third kappa shape index (κ3) is 6.19. The summed E-state index contributed by atoms with van der Waals surface area (Å²) in [5.74, 6) is 1.38. The predicted molar refractivity (Wildman–Crippen MR) is 116 cm³/mol. The second-order valence-electron chi connectivity index (χ2n) is 7.94. The summed E-state index contributed by atoms with van der Waals surface area (Å²) >= 11 is 0. The van der Waals surface area contributed by atoms with Crippen LogP contribution in [0.3, 0.4) is 0 Å². The smallest absolute Gasteiger partial charge is 0.317 e. The molecular weight excluding hydrogens is 380 g/mol. The average Bonchev–Trinajstić information content (AvgIpc) is 3.09. The van der Waals surface area contributed by atoms with E-state index in [-0.39, 0.29) is 12.1 Å². The highest BCUT2D eigenvalue weighted by atomic mass is 16.5. The Morgan fingerprint density at radius 3 is 2.50 bits per heavy atom. The predicted octanol–water partition coefficient (Wildman–Crippen LogP) is 4.27. The summed E-state index contributed by atoms with van der Waals surface area (Å²) in [4.78, 5) is 15.4. The Hall–Kier alpha value is -3.12. The minimum absolute atomic E-state index is 0.0539. The maximum atomic E-state index is 10.8. The second kappa shape index (κ2) is 9.59. The molecule has 2 aromatic carbocycles. The molecule has 0 radical (unpaired) electrons. The summed E-state index contributed by atoms with van der Waals surface area (Å²) in [6.07, 6.45) is 1.39. The highest BCUT2D eigenvalue weighted by Crippen LogP contribution is 2.22. The van der Waals surface area contributed by atoms with Crippen LogP contribution in [0.25, 0.3) is 11.5 Å². The van der Waals surface area contributed by atoms with E-state index in [9.17, 15) is 4.79 Å². The van der Waals surface area contributed by atoms with Gasteiger partial charge < -0.3 is 19.6 Å². The molecule has 0 spiro atoms. The van der Waals surface area contributed by atoms with Crippen molar-refractivity contribution < 1.29 is 19.1 Å². The van der Waals surface area contributed by atoms with Crippen LogP contribution < -0.4 is 10.1 Å². The minimum atomic E-state index is -0.856. The Morgan fingerprint density at radius 2 is 1.83 bits per heavy atom. The number of nitrogens with one attached hydrogen (secondary N) is 1. The fourth-order valence-electron chi connectivity index (χ4n) is 3.22. The Labute approximate surface area is 176 Å². The molecule has 6 nitrogen and oxygen atoms in total. The molecule has 0 aliphatic heterocycles. The Balaban J connectivity index is 1.51. The molecule has 0 aliphatic rings. The van der Waals surface area contributed by atoms with Gasteiger partial charge in [-0.15, -0.1) is 0 Å². The fourth-order valence-corrected chi connectivity index (χ4v) is 3.22. The van der Waals surface area contributed by atoms with Gasteiger partial charge in [-0.1, -0.05) is 30.3 Å². The van der Waals surface area contributed by atoms with Crippen molar-refractivity contribution in [1.82, 2.24) is 10.3 Å². The number of ether oxygens (including phenoxy) is 1. The van der Waals surface area contributed by atoms with Crippen molar-refractivity contribution in [2.45, 2.75) is 39.2 Å². The van der Waals surface area contributed by atoms with E-state index < -0.39 is 5.97 Å². The number of aromatic nitrogens is 1. The van der Waals surface area contributed by atoms with Crippen molar-refractivity contribution in [3.05, 3.63) is 71.6 Å². The number of aliphatic carboxylic acids is 1. The molecule has 0 amide bonds. The molecule has 3 rings (SSSR count). The third-order valence-electron chi connectivity index (χ3n) is 4.81. The molecule has 30 heavy (non-hydrogen) atoms. The van der Waals surface area contributed by atoms with Crippen molar-refractivity contribution in [2.75, 3.05) is 13.2 Å². The van der Waals surface area contributed by atoms with Gasteiger partial charge in [-0.3, -0.25) is 4.79 Å². The maximum Gasteiger partial charge on any atom is 0.317 e. The molecular formula is C24H28N2O4. The van der Waals surface area contributed by atoms with Crippen LogP contribution in [0, 0.1) is 6.92 Å². The highest BCUT2D eigenvalue weighted by Gasteiger charge is 2.19. The fraction of sp³-hybridized carbons (Fsp3) is 0.333. The van der Waals surface area contributed by atoms with Gasteiger partial charge in [-0.05, 0) is 57.0 Å². The topological polar surface area (TPSA) is 84.6 Å². The summed E-state index contributed by atoms with van der Waals surface area (Å²) in [7, 11) is 0. The van der Waals surface area contributed by atoms with Gasteiger partial charge in [0, 0.05) is 17.5 Å². The molecule has 1 aromatic heterocycles. The van der Waals surface area contributed by atoms with E-state index in [2.05, 4.69) is 10.3 Å². The van der Waals surface area contributed by atoms with E-state index in [0.29, 0.717) is 18.9 Å². The Bertz CT molecular complexity index is 963. The number of carboxylic acid groups (broad SMARTS) is 1. The first-order valence-corrected chi connectivity index (χ1v) is 10.0. The van der Waals surface area contributed by atoms with Gasteiger partial charge in [0.2, 0.25) is 5.89 Å². The number of carbonyl (C=O) groups is 1. The molecule has 3 aromatic rings. The number of nitrogens with zero attached hydrogens (tertiary/aromatic N) is 1. The summed E-state index contributed by atoms with van der Waals surface area (Å²) in [6, 6.07) is 17.7. The lowest BCUT2D eigenvalue weighted by Gasteiger charge is -2.25. The number of hydrogen-bond donors (Lipinski definition) is 2. The van der Waals surface area contributed by atoms with Gasteiger partial charge in [0.25, 0.3) is 0 Å². The van der Waals surface area contributed by atoms with Gasteiger partial charge in [0.05, 0.1) is 18.8 Å². The number of oxazole rings is 1. The molecule has 0 fully saturated rings. The van der Waals surface area contributed by atoms with Crippen LogP contribution in [0.5, 0.6) is 5.75 Å². The molecule has 0 saturated carbocycles. The molecule has 0 unspecified atom stereocenters. The van der Waals surface area contributed by atoms with E-state index in [1.807, 2.05) is 75.4 Å². The van der Waals surface area contributed by atoms with Gasteiger partial charge in [-0.25, -0.2) is 4.98 Å². The molecule has 0 bridgehead atoms. The van der Waals surface area contributed by atoms with Crippen LogP contribution in [0.15, 0.2) is 59.0 Å². The summed E-state index contributed by atoms with van der Waals surface area (Å²) in [6.45, 7) is 6.35. The summed E-state index contributed by atoms with van der Waals surface area (Å²) in [5.41, 5.74) is 2.67. The number of aryl methyl sites for hydroxylation is 1. The molecule has 158 valence electrons. The number of hydrogen-bond acceptors (Lipinski definition) is 5. The zero-order chi connectivity index (χ0) is 21.6. The van der Waals surface area contributed by atoms with Gasteiger partial charge in [-0.2, -0.15) is 0 Å². The van der Waals surface area contributed by atoms with Crippen LogP contribution in [-0.2, 0) is 17.6 Å². The van der Waals surface area contributed by atoms with E-state index in [0.717, 1.165) is 34.8 Å². The minimum Gasteiger partial charge on any atom is -0.493 e. The maximum absolute atomic E-state index is 10.8. The van der Waals surface area contributed by atoms with Crippen LogP contribution >= 0.6 is 0 Å². The van der Waals surface area contributed by atoms with Crippen molar-refractivity contribution in [1.29, 1.82) is 0 Å². The first-order chi connectivity index (χ1) is 14.3. The first-order valence-electron chi connectivity index (χ1n) is 10.0. The first kappa shape index (κ1) is 21.6. The third-order valence-corrected chi connectivity index (χ3v) is 4.81. The van der Waals surface area contributed by atoms with Gasteiger partial charge in [0.1, 0.15) is 11.5 Å². The van der Waals surface area contributed by atoms with Crippen molar-refractivity contribution in [3.8, 4) is 17.2 Å². The van der Waals surface area contributed by atoms with Gasteiger partial charge in [0.15, 0.2) is 0 Å². The molecule has 0 aliphatic carbocycles. The van der Waals surface area contributed by atoms with Crippen LogP contribution in [0.4, 0.5) is 0 Å². The zero-order valence-corrected chi connectivity index (χ0v) is 17.6.